The number of hydrogen-bond donors (Lipinski definition) is 0. The Labute approximate surface area is 295 Å². The van der Waals surface area contributed by atoms with Gasteiger partial charge in [-0.2, -0.15) is 0 Å². The first-order valence-corrected chi connectivity index (χ1v) is 21.2. The fraction of sp³-hybridized carbons (Fsp3) is 0.0233. The van der Waals surface area contributed by atoms with Crippen LogP contribution in [0, 0.1) is 0 Å². The Balaban J connectivity index is 0.000000148. The second-order valence-electron chi connectivity index (χ2n) is 10.4. The van der Waals surface area contributed by atoms with Crippen molar-refractivity contribution < 1.29 is 17.0 Å². The van der Waals surface area contributed by atoms with E-state index in [1.165, 1.54) is 37.4 Å². The first-order chi connectivity index (χ1) is 23.3. The van der Waals surface area contributed by atoms with Crippen LogP contribution in [0.3, 0.4) is 0 Å². The van der Waals surface area contributed by atoms with Crippen molar-refractivity contribution in [1.82, 2.24) is 0 Å². The summed E-state index contributed by atoms with van der Waals surface area (Å²) in [4.78, 5) is 1.02. The molecule has 7 aromatic carbocycles. The summed E-state index contributed by atoms with van der Waals surface area (Å²) in [6, 6.07) is 74.9. The van der Waals surface area contributed by atoms with Gasteiger partial charge in [0.05, 0.1) is 0 Å². The third-order valence-corrected chi connectivity index (χ3v) is 13.3. The fourth-order valence-electron chi connectivity index (χ4n) is 4.96. The van der Waals surface area contributed by atoms with E-state index < -0.39 is 15.8 Å². The van der Waals surface area contributed by atoms with E-state index in [4.69, 9.17) is 9.53 Å². The molecule has 0 heterocycles. The molecule has 0 aliphatic carbocycles. The Bertz CT molecular complexity index is 1500. The second kappa shape index (κ2) is 19.9. The average Bonchev–Trinajstić information content (AvgIpc) is 3.16. The van der Waals surface area contributed by atoms with Crippen LogP contribution < -0.4 is 31.8 Å². The normalized spacial score (nSPS) is 10.4. The van der Waals surface area contributed by atoms with Gasteiger partial charge in [0.15, 0.2) is 0 Å². The van der Waals surface area contributed by atoms with Gasteiger partial charge in [0.2, 0.25) is 0 Å². The molecule has 4 heteroatoms. The van der Waals surface area contributed by atoms with E-state index in [1.807, 2.05) is 18.2 Å². The van der Waals surface area contributed by atoms with Gasteiger partial charge >= 0.3 is 67.3 Å². The largest absolute Gasteiger partial charge is 0.0622 e. The Morgan fingerprint density at radius 3 is 0.681 bits per heavy atom. The minimum absolute atomic E-state index is 0.344. The monoisotopic (exact) mass is 756 g/mol. The van der Waals surface area contributed by atoms with E-state index in [2.05, 4.69) is 194 Å². The molecule has 0 radical (unpaired) electrons. The van der Waals surface area contributed by atoms with Gasteiger partial charge in [-0.1, -0.05) is 182 Å². The van der Waals surface area contributed by atoms with Gasteiger partial charge < -0.3 is 0 Å². The maximum Gasteiger partial charge on any atom is -0.0134 e. The van der Waals surface area contributed by atoms with Crippen molar-refractivity contribution >= 4 is 57.2 Å². The van der Waals surface area contributed by atoms with Crippen LogP contribution in [-0.2, 0) is 21.9 Å². The van der Waals surface area contributed by atoms with Crippen molar-refractivity contribution in [3.05, 3.63) is 218 Å². The zero-order valence-electron chi connectivity index (χ0n) is 26.0. The van der Waals surface area contributed by atoms with E-state index >= 15 is 0 Å². The molecule has 0 atom stereocenters. The molecule has 7 aromatic rings. The fourth-order valence-corrected chi connectivity index (χ4v) is 10.8. The van der Waals surface area contributed by atoms with Crippen LogP contribution in [0.2, 0.25) is 0 Å². The van der Waals surface area contributed by atoms with Crippen LogP contribution in [0.15, 0.2) is 212 Å². The number of benzene rings is 7. The number of rotatable bonds is 8. The van der Waals surface area contributed by atoms with E-state index in [0.717, 1.165) is 4.89 Å². The first-order valence-electron chi connectivity index (χ1n) is 15.4. The maximum absolute atomic E-state index is 5.59. The third kappa shape index (κ3) is 11.0. The number of halogens is 1. The van der Waals surface area contributed by atoms with Crippen LogP contribution >= 0.6 is 25.4 Å². The summed E-state index contributed by atoms with van der Waals surface area (Å²) in [5.74, 6) is 0. The molecule has 0 spiro atoms. The Hall–Kier alpha value is -3.65. The zero-order chi connectivity index (χ0) is 32.4. The molecule has 0 aromatic heterocycles. The molecule has 0 saturated heterocycles. The molecule has 0 nitrogen and oxygen atoms in total. The third-order valence-electron chi connectivity index (χ3n) is 7.10. The zero-order valence-corrected chi connectivity index (χ0v) is 30.1. The van der Waals surface area contributed by atoms with Crippen LogP contribution in [-0.4, -0.2) is 0 Å². The van der Waals surface area contributed by atoms with Crippen LogP contribution in [0.4, 0.5) is 0 Å². The van der Waals surface area contributed by atoms with Gasteiger partial charge in [0, 0.05) is 0 Å². The van der Waals surface area contributed by atoms with Crippen molar-refractivity contribution in [3.8, 4) is 0 Å². The van der Waals surface area contributed by atoms with E-state index in [0.29, 0.717) is 17.0 Å². The summed E-state index contributed by atoms with van der Waals surface area (Å²) in [5, 5.41) is 8.39. The summed E-state index contributed by atoms with van der Waals surface area (Å²) in [6.45, 7) is 0. The Morgan fingerprint density at radius 1 is 0.298 bits per heavy atom. The van der Waals surface area contributed by atoms with Gasteiger partial charge in [-0.15, -0.1) is 0 Å². The quantitative estimate of drug-likeness (QED) is 0.107. The molecular weight excluding hydrogens is 720 g/mol. The molecule has 0 N–H and O–H groups in total. The van der Waals surface area contributed by atoms with Gasteiger partial charge in [0.1, 0.15) is 0 Å². The minimum atomic E-state index is -0.446. The van der Waals surface area contributed by atoms with Crippen molar-refractivity contribution in [3.63, 3.8) is 0 Å². The van der Waals surface area contributed by atoms with E-state index in [9.17, 15) is 0 Å². The van der Waals surface area contributed by atoms with Gasteiger partial charge in [-0.25, -0.2) is 0 Å². The summed E-state index contributed by atoms with van der Waals surface area (Å²) in [5.41, 5.74) is 1.33. The molecule has 7 rings (SSSR count). The van der Waals surface area contributed by atoms with Crippen LogP contribution in [0.5, 0.6) is 0 Å². The maximum atomic E-state index is 5.59. The van der Waals surface area contributed by atoms with Crippen LogP contribution in [0.25, 0.3) is 0 Å². The summed E-state index contributed by atoms with van der Waals surface area (Å²) < 4.78 is 0. The second-order valence-corrected chi connectivity index (χ2v) is 16.8. The van der Waals surface area contributed by atoms with E-state index in [-0.39, 0.29) is 0 Å². The molecule has 0 saturated carbocycles. The standard InChI is InChI=1S/2C18H15P.C7H7.ClH.Pd/c2*1-4-10-16(11-5-1)19(17-12-6-2-7-13-17)18-14-8-3-9-15-18;1-7-5-3-2-4-6-7;;/h2*1-15H;2-6H,1H2;1H;/q;;;;+1/p-1. The Kier molecular flexibility index (Phi) is 14.7. The predicted molar refractivity (Wildman–Crippen MR) is 206 cm³/mol. The summed E-state index contributed by atoms with van der Waals surface area (Å²) >= 11 is 0.344. The summed E-state index contributed by atoms with van der Waals surface area (Å²) in [7, 11) is 4.69. The molecule has 0 aliphatic rings. The average molecular weight is 758 g/mol. The summed E-state index contributed by atoms with van der Waals surface area (Å²) in [6.07, 6.45) is 0. The molecule has 0 bridgehead atoms. The predicted octanol–water partition coefficient (Wildman–Crippen LogP) is 9.31. The molecular formula is C43H37ClP2Pd. The molecule has 236 valence electrons. The molecule has 0 fully saturated rings. The van der Waals surface area contributed by atoms with Gasteiger partial charge in [0.25, 0.3) is 0 Å². The van der Waals surface area contributed by atoms with E-state index in [1.54, 1.807) is 0 Å². The van der Waals surface area contributed by atoms with Crippen molar-refractivity contribution in [2.45, 2.75) is 4.89 Å². The molecule has 0 unspecified atom stereocenters. The number of hydrogen-bond acceptors (Lipinski definition) is 0. The topological polar surface area (TPSA) is 0 Å². The smallest absolute Gasteiger partial charge is 0.0134 e. The van der Waals surface area contributed by atoms with Gasteiger partial charge in [-0.3, -0.25) is 0 Å². The SMILES string of the molecule is [Cl][Pd][CH2]c1ccccc1.c1ccc(P(c2ccccc2)c2ccccc2)cc1.c1ccc(P(c2ccccc2)c2ccccc2)cc1. The first kappa shape index (κ1) is 34.7. The van der Waals surface area contributed by atoms with Crippen molar-refractivity contribution in [2.75, 3.05) is 0 Å². The molecule has 0 amide bonds. The van der Waals surface area contributed by atoms with Gasteiger partial charge in [-0.05, 0) is 47.7 Å². The minimum Gasteiger partial charge on any atom is -0.0622 e. The van der Waals surface area contributed by atoms with Crippen molar-refractivity contribution in [2.24, 2.45) is 0 Å². The molecule has 0 aliphatic heterocycles. The molecule has 47 heavy (non-hydrogen) atoms. The Morgan fingerprint density at radius 2 is 0.489 bits per heavy atom. The van der Waals surface area contributed by atoms with Crippen LogP contribution in [0.1, 0.15) is 5.56 Å². The van der Waals surface area contributed by atoms with Crippen molar-refractivity contribution in [1.29, 1.82) is 0 Å².